The molecule has 1 aromatic carbocycles. The number of benzene rings is 1. The quantitative estimate of drug-likeness (QED) is 0.873. The molecule has 2 atom stereocenters. The monoisotopic (exact) mass is 308 g/mol. The van der Waals surface area contributed by atoms with Gasteiger partial charge >= 0.3 is 5.97 Å². The van der Waals surface area contributed by atoms with Gasteiger partial charge in [0, 0.05) is 0 Å². The van der Waals surface area contributed by atoms with Gasteiger partial charge in [-0.1, -0.05) is 36.4 Å². The van der Waals surface area contributed by atoms with Crippen molar-refractivity contribution in [2.45, 2.75) is 19.1 Å². The summed E-state index contributed by atoms with van der Waals surface area (Å²) in [6.45, 7) is 1.81. The number of rotatable bonds is 3. The van der Waals surface area contributed by atoms with Crippen LogP contribution in [0.25, 0.3) is 6.08 Å². The summed E-state index contributed by atoms with van der Waals surface area (Å²) in [5, 5.41) is 10.1. The van der Waals surface area contributed by atoms with Gasteiger partial charge in [-0.05, 0) is 40.1 Å². The third-order valence-electron chi connectivity index (χ3n) is 2.72. The Labute approximate surface area is 114 Å². The van der Waals surface area contributed by atoms with Crippen LogP contribution in [0.1, 0.15) is 12.5 Å². The Morgan fingerprint density at radius 1 is 1.44 bits per heavy atom. The smallest absolute Gasteiger partial charge is 0.345 e. The van der Waals surface area contributed by atoms with Crippen molar-refractivity contribution >= 4 is 28.0 Å². The maximum atomic E-state index is 11.2. The van der Waals surface area contributed by atoms with Crippen molar-refractivity contribution in [3.63, 3.8) is 0 Å². The van der Waals surface area contributed by atoms with Gasteiger partial charge in [0.1, 0.15) is 10.6 Å². The van der Waals surface area contributed by atoms with E-state index < -0.39 is 18.2 Å². The highest BCUT2D eigenvalue weighted by Crippen LogP contribution is 2.24. The van der Waals surface area contributed by atoms with Crippen molar-refractivity contribution < 1.29 is 14.6 Å². The molecule has 0 bridgehead atoms. The highest BCUT2D eigenvalue weighted by Gasteiger charge is 2.30. The second-order valence-electron chi connectivity index (χ2n) is 4.13. The highest BCUT2D eigenvalue weighted by atomic mass is 79.9. The van der Waals surface area contributed by atoms with Gasteiger partial charge in [0.15, 0.2) is 6.10 Å². The number of aliphatic hydroxyl groups excluding tert-OH is 1. The van der Waals surface area contributed by atoms with Gasteiger partial charge in [0.25, 0.3) is 0 Å². The first-order valence-electron chi connectivity index (χ1n) is 5.57. The maximum Gasteiger partial charge on any atom is 0.345 e. The molecular formula is C14H13BrO3. The van der Waals surface area contributed by atoms with Gasteiger partial charge in [0.2, 0.25) is 0 Å². The molecule has 1 N–H and O–H groups in total. The van der Waals surface area contributed by atoms with E-state index in [-0.39, 0.29) is 0 Å². The van der Waals surface area contributed by atoms with Crippen LogP contribution in [0.3, 0.4) is 0 Å². The molecule has 18 heavy (non-hydrogen) atoms. The maximum absolute atomic E-state index is 11.2. The number of cyclic esters (lactones) is 1. The molecule has 2 rings (SSSR count). The molecule has 1 aliphatic heterocycles. The third kappa shape index (κ3) is 2.89. The summed E-state index contributed by atoms with van der Waals surface area (Å²) >= 11 is 3.08. The molecule has 0 spiro atoms. The summed E-state index contributed by atoms with van der Waals surface area (Å²) in [7, 11) is 0. The number of carbonyl (C=O) groups excluding carboxylic acids is 1. The predicted octanol–water partition coefficient (Wildman–Crippen LogP) is 2.66. The van der Waals surface area contributed by atoms with Crippen LogP contribution in [0.4, 0.5) is 0 Å². The van der Waals surface area contributed by atoms with Gasteiger partial charge < -0.3 is 9.84 Å². The van der Waals surface area contributed by atoms with E-state index in [9.17, 15) is 9.90 Å². The summed E-state index contributed by atoms with van der Waals surface area (Å²) < 4.78 is 5.39. The Kier molecular flexibility index (Phi) is 3.99. The highest BCUT2D eigenvalue weighted by molar-refractivity contribution is 9.12. The average Bonchev–Trinajstić information content (AvgIpc) is 2.70. The third-order valence-corrected chi connectivity index (χ3v) is 3.31. The molecule has 0 amide bonds. The fourth-order valence-electron chi connectivity index (χ4n) is 1.74. The van der Waals surface area contributed by atoms with E-state index in [1.54, 1.807) is 6.08 Å². The molecule has 0 radical (unpaired) electrons. The summed E-state index contributed by atoms with van der Waals surface area (Å²) in [6.07, 6.45) is 2.00. The van der Waals surface area contributed by atoms with E-state index in [4.69, 9.17) is 4.74 Å². The molecule has 0 saturated heterocycles. The second kappa shape index (κ2) is 5.50. The van der Waals surface area contributed by atoms with Crippen LogP contribution in [0, 0.1) is 0 Å². The molecule has 0 aromatic heterocycles. The van der Waals surface area contributed by atoms with Crippen molar-refractivity contribution in [3.05, 3.63) is 52.0 Å². The SMILES string of the molecule is C/C(=C\c1ccccc1)[C@@H](O)[C@@H]1C=C(Br)C(=O)O1. The van der Waals surface area contributed by atoms with Gasteiger partial charge in [-0.25, -0.2) is 4.79 Å². The fraction of sp³-hybridized carbons (Fsp3) is 0.214. The first kappa shape index (κ1) is 13.1. The van der Waals surface area contributed by atoms with Gasteiger partial charge in [-0.3, -0.25) is 0 Å². The molecular weight excluding hydrogens is 296 g/mol. The van der Waals surface area contributed by atoms with Crippen molar-refractivity contribution in [2.75, 3.05) is 0 Å². The van der Waals surface area contributed by atoms with Crippen LogP contribution in [-0.2, 0) is 9.53 Å². The molecule has 94 valence electrons. The zero-order valence-electron chi connectivity index (χ0n) is 9.84. The van der Waals surface area contributed by atoms with Crippen molar-refractivity contribution in [2.24, 2.45) is 0 Å². The van der Waals surface area contributed by atoms with Crippen LogP contribution in [-0.4, -0.2) is 23.3 Å². The normalized spacial score (nSPS) is 21.5. The number of esters is 1. The molecule has 0 aliphatic carbocycles. The molecule has 1 aliphatic rings. The van der Waals surface area contributed by atoms with Gasteiger partial charge in [0.05, 0.1) is 0 Å². The summed E-state index contributed by atoms with van der Waals surface area (Å²) in [4.78, 5) is 11.2. The number of carbonyl (C=O) groups is 1. The summed E-state index contributed by atoms with van der Waals surface area (Å²) in [6, 6.07) is 9.68. The number of halogens is 1. The molecule has 3 nitrogen and oxygen atoms in total. The summed E-state index contributed by atoms with van der Waals surface area (Å²) in [5.74, 6) is -0.438. The first-order chi connectivity index (χ1) is 8.58. The lowest BCUT2D eigenvalue weighted by molar-refractivity contribution is -0.141. The van der Waals surface area contributed by atoms with Crippen molar-refractivity contribution in [1.29, 1.82) is 0 Å². The second-order valence-corrected chi connectivity index (χ2v) is 4.98. The van der Waals surface area contributed by atoms with E-state index in [1.165, 1.54) is 0 Å². The van der Waals surface area contributed by atoms with E-state index in [0.29, 0.717) is 4.48 Å². The number of hydrogen-bond donors (Lipinski definition) is 1. The molecule has 0 unspecified atom stereocenters. The Morgan fingerprint density at radius 2 is 2.11 bits per heavy atom. The standard InChI is InChI=1S/C14H13BrO3/c1-9(7-10-5-3-2-4-6-10)13(16)12-8-11(15)14(17)18-12/h2-8,12-13,16H,1H3/b9-7+/t12-,13+/m0/s1. The fourth-order valence-corrected chi connectivity index (χ4v) is 2.09. The van der Waals surface area contributed by atoms with Crippen LogP contribution < -0.4 is 0 Å². The Hall–Kier alpha value is -1.39. The van der Waals surface area contributed by atoms with Crippen molar-refractivity contribution in [1.82, 2.24) is 0 Å². The van der Waals surface area contributed by atoms with Crippen LogP contribution in [0.15, 0.2) is 46.5 Å². The Morgan fingerprint density at radius 3 is 2.67 bits per heavy atom. The number of aliphatic hydroxyl groups is 1. The minimum atomic E-state index is -0.829. The molecule has 4 heteroatoms. The zero-order valence-corrected chi connectivity index (χ0v) is 11.4. The predicted molar refractivity (Wildman–Crippen MR) is 73.0 cm³/mol. The van der Waals surface area contributed by atoms with Crippen LogP contribution in [0.2, 0.25) is 0 Å². The molecule has 1 aromatic rings. The van der Waals surface area contributed by atoms with Crippen LogP contribution >= 0.6 is 15.9 Å². The van der Waals surface area contributed by atoms with E-state index in [2.05, 4.69) is 15.9 Å². The van der Waals surface area contributed by atoms with E-state index >= 15 is 0 Å². The molecule has 1 heterocycles. The van der Waals surface area contributed by atoms with Crippen LogP contribution in [0.5, 0.6) is 0 Å². The lowest BCUT2D eigenvalue weighted by atomic mass is 10.0. The van der Waals surface area contributed by atoms with Gasteiger partial charge in [-0.15, -0.1) is 0 Å². The van der Waals surface area contributed by atoms with E-state index in [1.807, 2.05) is 43.3 Å². The minimum Gasteiger partial charge on any atom is -0.451 e. The molecule has 0 fully saturated rings. The van der Waals surface area contributed by atoms with Crippen molar-refractivity contribution in [3.8, 4) is 0 Å². The Bertz CT molecular complexity index is 505. The number of hydrogen-bond acceptors (Lipinski definition) is 3. The minimum absolute atomic E-state index is 0.360. The van der Waals surface area contributed by atoms with Gasteiger partial charge in [-0.2, -0.15) is 0 Å². The zero-order chi connectivity index (χ0) is 13.1. The Balaban J connectivity index is 2.13. The van der Waals surface area contributed by atoms with E-state index in [0.717, 1.165) is 11.1 Å². The largest absolute Gasteiger partial charge is 0.451 e. The first-order valence-corrected chi connectivity index (χ1v) is 6.37. The lowest BCUT2D eigenvalue weighted by Crippen LogP contribution is -2.26. The summed E-state index contributed by atoms with van der Waals surface area (Å²) in [5.41, 5.74) is 1.75. The average molecular weight is 309 g/mol. The topological polar surface area (TPSA) is 46.5 Å². The number of ether oxygens (including phenoxy) is 1. The lowest BCUT2D eigenvalue weighted by Gasteiger charge is -2.16. The molecule has 0 saturated carbocycles.